The van der Waals surface area contributed by atoms with Crippen LogP contribution in [0.1, 0.15) is 59.1 Å². The lowest BCUT2D eigenvalue weighted by Gasteiger charge is -2.31. The average Bonchev–Trinajstić information content (AvgIpc) is 2.77. The van der Waals surface area contributed by atoms with Gasteiger partial charge in [0.05, 0.1) is 11.6 Å². The Morgan fingerprint density at radius 3 is 2.24 bits per heavy atom. The fraction of sp³-hybridized carbons (Fsp3) is 0.481. The predicted molar refractivity (Wildman–Crippen MR) is 139 cm³/mol. The Labute approximate surface area is 212 Å². The topological polar surface area (TPSA) is 67.9 Å². The summed E-state index contributed by atoms with van der Waals surface area (Å²) in [4.78, 5) is 27.9. The number of halogens is 1. The monoisotopic (exact) mass is 532 g/mol. The molecule has 0 spiro atoms. The molecule has 34 heavy (non-hydrogen) atoms. The van der Waals surface area contributed by atoms with Crippen LogP contribution in [0, 0.1) is 0 Å². The van der Waals surface area contributed by atoms with Gasteiger partial charge in [-0.15, -0.1) is 0 Å². The van der Waals surface area contributed by atoms with E-state index >= 15 is 0 Å². The molecule has 0 aliphatic heterocycles. The van der Waals surface area contributed by atoms with Crippen LogP contribution in [-0.4, -0.2) is 42.5 Å². The van der Waals surface area contributed by atoms with Gasteiger partial charge in [-0.2, -0.15) is 0 Å². The van der Waals surface area contributed by atoms with Crippen LogP contribution in [0.2, 0.25) is 0 Å². The lowest BCUT2D eigenvalue weighted by atomic mass is 9.87. The number of rotatable bonds is 10. The van der Waals surface area contributed by atoms with Gasteiger partial charge in [-0.3, -0.25) is 9.59 Å². The van der Waals surface area contributed by atoms with Crippen LogP contribution in [0.5, 0.6) is 11.5 Å². The number of methoxy groups -OCH3 is 1. The summed E-state index contributed by atoms with van der Waals surface area (Å²) in [5.74, 6) is 0.895. The maximum Gasteiger partial charge on any atom is 0.261 e. The van der Waals surface area contributed by atoms with E-state index in [2.05, 4.69) is 42.0 Å². The van der Waals surface area contributed by atoms with Crippen molar-refractivity contribution in [1.29, 1.82) is 0 Å². The molecule has 2 amide bonds. The lowest BCUT2D eigenvalue weighted by molar-refractivity contribution is -0.143. The van der Waals surface area contributed by atoms with E-state index in [1.54, 1.807) is 12.0 Å². The second kappa shape index (κ2) is 12.2. The molecule has 0 aromatic heterocycles. The van der Waals surface area contributed by atoms with Gasteiger partial charge in [0.15, 0.2) is 6.61 Å². The zero-order valence-electron chi connectivity index (χ0n) is 21.3. The van der Waals surface area contributed by atoms with E-state index in [1.165, 1.54) is 0 Å². The number of carbonyl (C=O) groups excluding carboxylic acids is 2. The molecular weight excluding hydrogens is 496 g/mol. The van der Waals surface area contributed by atoms with Crippen molar-refractivity contribution in [3.63, 3.8) is 0 Å². The third kappa shape index (κ3) is 7.76. The first kappa shape index (κ1) is 27.7. The van der Waals surface area contributed by atoms with Crippen molar-refractivity contribution < 1.29 is 19.1 Å². The van der Waals surface area contributed by atoms with Gasteiger partial charge < -0.3 is 19.7 Å². The quantitative estimate of drug-likeness (QED) is 0.440. The minimum atomic E-state index is -0.604. The maximum atomic E-state index is 13.4. The van der Waals surface area contributed by atoms with E-state index in [9.17, 15) is 9.59 Å². The van der Waals surface area contributed by atoms with Crippen LogP contribution in [0.25, 0.3) is 0 Å². The Morgan fingerprint density at radius 1 is 1.09 bits per heavy atom. The number of ether oxygens (including phenoxy) is 2. The van der Waals surface area contributed by atoms with E-state index in [0.29, 0.717) is 18.7 Å². The zero-order chi connectivity index (χ0) is 25.5. The van der Waals surface area contributed by atoms with Gasteiger partial charge >= 0.3 is 0 Å². The predicted octanol–water partition coefficient (Wildman–Crippen LogP) is 5.47. The molecule has 6 nitrogen and oxygen atoms in total. The molecular formula is C27H37BrN2O4. The summed E-state index contributed by atoms with van der Waals surface area (Å²) in [7, 11) is 1.61. The van der Waals surface area contributed by atoms with Gasteiger partial charge in [0.1, 0.15) is 17.5 Å². The molecule has 0 saturated heterocycles. The zero-order valence-corrected chi connectivity index (χ0v) is 22.9. The minimum absolute atomic E-state index is 0.00412. The number of nitrogens with one attached hydrogen (secondary N) is 1. The summed E-state index contributed by atoms with van der Waals surface area (Å²) in [6, 6.07) is 12.7. The van der Waals surface area contributed by atoms with Crippen molar-refractivity contribution in [1.82, 2.24) is 10.2 Å². The van der Waals surface area contributed by atoms with Gasteiger partial charge in [-0.05, 0) is 77.0 Å². The molecule has 1 N–H and O–H groups in total. The Hall–Kier alpha value is -2.54. The molecule has 0 fully saturated rings. The van der Waals surface area contributed by atoms with E-state index in [4.69, 9.17) is 9.47 Å². The second-order valence-corrected chi connectivity index (χ2v) is 10.5. The molecule has 2 aromatic carbocycles. The number of carbonyl (C=O) groups is 2. The summed E-state index contributed by atoms with van der Waals surface area (Å²) in [6.07, 6.45) is 0.490. The highest BCUT2D eigenvalue weighted by Gasteiger charge is 2.29. The Balaban J connectivity index is 2.24. The Morgan fingerprint density at radius 2 is 1.74 bits per heavy atom. The molecule has 7 heteroatoms. The van der Waals surface area contributed by atoms with E-state index < -0.39 is 6.04 Å². The lowest BCUT2D eigenvalue weighted by Crippen LogP contribution is -2.51. The van der Waals surface area contributed by atoms with E-state index in [-0.39, 0.29) is 29.9 Å². The first-order valence-electron chi connectivity index (χ1n) is 11.6. The summed E-state index contributed by atoms with van der Waals surface area (Å²) < 4.78 is 11.9. The standard InChI is InChI=1S/C27H37BrN2O4/c1-8-23(26(32)29-18(2)3)30(16-19-9-12-21(33-7)13-10-19)25(31)17-34-24-14-11-20(15-22(24)28)27(4,5)6/h9-15,18,23H,8,16-17H2,1-7H3,(H,29,32)/t23-/m1/s1. The van der Waals surface area contributed by atoms with Crippen LogP contribution in [-0.2, 0) is 21.5 Å². The Bertz CT molecular complexity index is 968. The molecule has 0 aliphatic carbocycles. The van der Waals surface area contributed by atoms with Gasteiger partial charge in [0.25, 0.3) is 5.91 Å². The second-order valence-electron chi connectivity index (χ2n) is 9.64. The van der Waals surface area contributed by atoms with Crippen molar-refractivity contribution in [3.8, 4) is 11.5 Å². The first-order chi connectivity index (χ1) is 16.0. The smallest absolute Gasteiger partial charge is 0.261 e. The number of hydrogen-bond acceptors (Lipinski definition) is 4. The molecule has 2 aromatic rings. The van der Waals surface area contributed by atoms with Gasteiger partial charge in [0.2, 0.25) is 5.91 Å². The van der Waals surface area contributed by atoms with Crippen LogP contribution in [0.15, 0.2) is 46.9 Å². The van der Waals surface area contributed by atoms with Gasteiger partial charge in [-0.1, -0.05) is 45.9 Å². The fourth-order valence-electron chi connectivity index (χ4n) is 3.53. The van der Waals surface area contributed by atoms with Crippen LogP contribution in [0.3, 0.4) is 0 Å². The number of hydrogen-bond donors (Lipinski definition) is 1. The van der Waals surface area contributed by atoms with Crippen LogP contribution in [0.4, 0.5) is 0 Å². The number of amides is 2. The van der Waals surface area contributed by atoms with E-state index in [1.807, 2.05) is 63.2 Å². The molecule has 0 aliphatic rings. The molecule has 0 radical (unpaired) electrons. The summed E-state index contributed by atoms with van der Waals surface area (Å²) >= 11 is 3.56. The molecule has 2 rings (SSSR count). The van der Waals surface area contributed by atoms with Crippen molar-refractivity contribution >= 4 is 27.7 Å². The Kier molecular flexibility index (Phi) is 9.98. The number of benzene rings is 2. The molecule has 0 heterocycles. The van der Waals surface area contributed by atoms with Crippen molar-refractivity contribution in [2.75, 3.05) is 13.7 Å². The first-order valence-corrected chi connectivity index (χ1v) is 12.4. The molecule has 0 unspecified atom stereocenters. The normalized spacial score (nSPS) is 12.3. The summed E-state index contributed by atoms with van der Waals surface area (Å²) in [6.45, 7) is 12.3. The highest BCUT2D eigenvalue weighted by Crippen LogP contribution is 2.31. The summed E-state index contributed by atoms with van der Waals surface area (Å²) in [5, 5.41) is 2.94. The van der Waals surface area contributed by atoms with Crippen LogP contribution >= 0.6 is 15.9 Å². The molecule has 0 bridgehead atoms. The average molecular weight is 534 g/mol. The van der Waals surface area contributed by atoms with Gasteiger partial charge in [-0.25, -0.2) is 0 Å². The van der Waals surface area contributed by atoms with Crippen LogP contribution < -0.4 is 14.8 Å². The minimum Gasteiger partial charge on any atom is -0.497 e. The molecule has 186 valence electrons. The number of nitrogens with zero attached hydrogens (tertiary/aromatic N) is 1. The highest BCUT2D eigenvalue weighted by molar-refractivity contribution is 9.10. The van der Waals surface area contributed by atoms with E-state index in [0.717, 1.165) is 21.3 Å². The molecule has 1 atom stereocenters. The fourth-order valence-corrected chi connectivity index (χ4v) is 4.03. The highest BCUT2D eigenvalue weighted by atomic mass is 79.9. The third-order valence-electron chi connectivity index (χ3n) is 5.48. The third-order valence-corrected chi connectivity index (χ3v) is 6.10. The van der Waals surface area contributed by atoms with Gasteiger partial charge in [0, 0.05) is 12.6 Å². The van der Waals surface area contributed by atoms with Crippen molar-refractivity contribution in [2.45, 2.75) is 72.0 Å². The SMILES string of the molecule is CC[C@H](C(=O)NC(C)C)N(Cc1ccc(OC)cc1)C(=O)COc1ccc(C(C)(C)C)cc1Br. The molecule has 0 saturated carbocycles. The largest absolute Gasteiger partial charge is 0.497 e. The van der Waals surface area contributed by atoms with Crippen molar-refractivity contribution in [3.05, 3.63) is 58.1 Å². The van der Waals surface area contributed by atoms with Crippen molar-refractivity contribution in [2.24, 2.45) is 0 Å². The summed E-state index contributed by atoms with van der Waals surface area (Å²) in [5.41, 5.74) is 2.07. The maximum absolute atomic E-state index is 13.4.